The highest BCUT2D eigenvalue weighted by molar-refractivity contribution is 5.77. The minimum Gasteiger partial charge on any atom is -0.484 e. The SMILES string of the molecule is O=C(COc1ccccc1)NCC(O)c1ccccc1C(F)(F)F. The van der Waals surface area contributed by atoms with Gasteiger partial charge in [-0.3, -0.25) is 4.79 Å². The minimum atomic E-state index is -4.57. The lowest BCUT2D eigenvalue weighted by Gasteiger charge is -2.18. The number of aliphatic hydroxyl groups is 1. The van der Waals surface area contributed by atoms with Crippen molar-refractivity contribution in [1.82, 2.24) is 5.32 Å². The first kappa shape index (κ1) is 17.8. The minimum absolute atomic E-state index is 0.283. The summed E-state index contributed by atoms with van der Waals surface area (Å²) in [6.45, 7) is -0.637. The molecule has 0 saturated heterocycles. The van der Waals surface area contributed by atoms with Gasteiger partial charge in [-0.1, -0.05) is 36.4 Å². The third-order valence-electron chi connectivity index (χ3n) is 3.23. The second-order valence-electron chi connectivity index (χ2n) is 5.01. The first-order valence-corrected chi connectivity index (χ1v) is 7.16. The van der Waals surface area contributed by atoms with E-state index in [1.54, 1.807) is 30.3 Å². The van der Waals surface area contributed by atoms with Crippen molar-refractivity contribution in [2.75, 3.05) is 13.2 Å². The van der Waals surface area contributed by atoms with Gasteiger partial charge in [0.1, 0.15) is 5.75 Å². The van der Waals surface area contributed by atoms with Crippen LogP contribution in [0.1, 0.15) is 17.2 Å². The number of nitrogens with one attached hydrogen (secondary N) is 1. The standard InChI is InChI=1S/C17H16F3NO3/c18-17(19,20)14-9-5-4-8-13(14)15(22)10-21-16(23)11-24-12-6-2-1-3-7-12/h1-9,15,22H,10-11H2,(H,21,23). The zero-order chi connectivity index (χ0) is 17.6. The Kier molecular flexibility index (Phi) is 5.81. The number of benzene rings is 2. The molecule has 0 saturated carbocycles. The topological polar surface area (TPSA) is 58.6 Å². The van der Waals surface area contributed by atoms with E-state index in [1.807, 2.05) is 0 Å². The Hall–Kier alpha value is -2.54. The van der Waals surface area contributed by atoms with Gasteiger partial charge in [-0.15, -0.1) is 0 Å². The summed E-state index contributed by atoms with van der Waals surface area (Å²) in [7, 11) is 0. The lowest BCUT2D eigenvalue weighted by atomic mass is 10.0. The van der Waals surface area contributed by atoms with Crippen LogP contribution in [-0.4, -0.2) is 24.2 Å². The second-order valence-corrected chi connectivity index (χ2v) is 5.01. The number of hydrogen-bond acceptors (Lipinski definition) is 3. The van der Waals surface area contributed by atoms with Crippen LogP contribution in [0.15, 0.2) is 54.6 Å². The highest BCUT2D eigenvalue weighted by Gasteiger charge is 2.34. The van der Waals surface area contributed by atoms with E-state index in [9.17, 15) is 23.1 Å². The Morgan fingerprint density at radius 3 is 2.38 bits per heavy atom. The largest absolute Gasteiger partial charge is 0.484 e. The fourth-order valence-electron chi connectivity index (χ4n) is 2.08. The molecule has 0 aliphatic heterocycles. The molecule has 0 aromatic heterocycles. The average molecular weight is 339 g/mol. The van der Waals surface area contributed by atoms with Gasteiger partial charge in [-0.05, 0) is 23.8 Å². The van der Waals surface area contributed by atoms with E-state index in [1.165, 1.54) is 18.2 Å². The summed E-state index contributed by atoms with van der Waals surface area (Å²) < 4.78 is 43.9. The van der Waals surface area contributed by atoms with Crippen LogP contribution in [0.5, 0.6) is 5.75 Å². The Morgan fingerprint density at radius 2 is 1.71 bits per heavy atom. The Morgan fingerprint density at radius 1 is 1.08 bits per heavy atom. The molecule has 0 bridgehead atoms. The maximum Gasteiger partial charge on any atom is 0.416 e. The van der Waals surface area contributed by atoms with Crippen molar-refractivity contribution >= 4 is 5.91 Å². The molecule has 1 amide bonds. The molecule has 24 heavy (non-hydrogen) atoms. The van der Waals surface area contributed by atoms with Crippen LogP contribution < -0.4 is 10.1 Å². The molecule has 4 nitrogen and oxygen atoms in total. The number of para-hydroxylation sites is 1. The third-order valence-corrected chi connectivity index (χ3v) is 3.23. The van der Waals surface area contributed by atoms with Crippen LogP contribution in [0.2, 0.25) is 0 Å². The molecule has 0 spiro atoms. The molecule has 0 fully saturated rings. The Labute approximate surface area is 136 Å². The van der Waals surface area contributed by atoms with E-state index in [4.69, 9.17) is 4.74 Å². The van der Waals surface area contributed by atoms with Gasteiger partial charge in [0.05, 0.1) is 11.7 Å². The number of amides is 1. The van der Waals surface area contributed by atoms with E-state index in [0.717, 1.165) is 6.07 Å². The molecular formula is C17H16F3NO3. The van der Waals surface area contributed by atoms with Crippen LogP contribution in [0.3, 0.4) is 0 Å². The van der Waals surface area contributed by atoms with Crippen molar-refractivity contribution in [2.45, 2.75) is 12.3 Å². The van der Waals surface area contributed by atoms with E-state index >= 15 is 0 Å². The molecule has 2 aromatic carbocycles. The van der Waals surface area contributed by atoms with Crippen LogP contribution in [0.25, 0.3) is 0 Å². The van der Waals surface area contributed by atoms with Crippen molar-refractivity contribution in [1.29, 1.82) is 0 Å². The fourth-order valence-corrected chi connectivity index (χ4v) is 2.08. The highest BCUT2D eigenvalue weighted by atomic mass is 19.4. The summed E-state index contributed by atoms with van der Waals surface area (Å²) in [6.07, 6.45) is -6.04. The molecule has 1 unspecified atom stereocenters. The van der Waals surface area contributed by atoms with Gasteiger partial charge in [0, 0.05) is 6.54 Å². The zero-order valence-electron chi connectivity index (χ0n) is 12.6. The number of hydrogen-bond donors (Lipinski definition) is 2. The molecular weight excluding hydrogens is 323 g/mol. The van der Waals surface area contributed by atoms with Crippen molar-refractivity contribution < 1.29 is 27.8 Å². The molecule has 2 aromatic rings. The maximum atomic E-state index is 12.9. The molecule has 0 aliphatic rings. The van der Waals surface area contributed by atoms with Crippen LogP contribution >= 0.6 is 0 Å². The number of rotatable bonds is 6. The summed E-state index contributed by atoms with van der Waals surface area (Å²) in [6, 6.07) is 13.3. The molecule has 2 rings (SSSR count). The smallest absolute Gasteiger partial charge is 0.416 e. The summed E-state index contributed by atoms with van der Waals surface area (Å²) in [5, 5.41) is 12.3. The normalized spacial score (nSPS) is 12.5. The number of alkyl halides is 3. The second kappa shape index (κ2) is 7.83. The number of aliphatic hydroxyl groups excluding tert-OH is 1. The van der Waals surface area contributed by atoms with Gasteiger partial charge in [-0.25, -0.2) is 0 Å². The molecule has 0 radical (unpaired) electrons. The fraction of sp³-hybridized carbons (Fsp3) is 0.235. The molecule has 2 N–H and O–H groups in total. The van der Waals surface area contributed by atoms with Gasteiger partial charge in [-0.2, -0.15) is 13.2 Å². The van der Waals surface area contributed by atoms with E-state index in [2.05, 4.69) is 5.32 Å². The lowest BCUT2D eigenvalue weighted by molar-refractivity contribution is -0.139. The van der Waals surface area contributed by atoms with E-state index < -0.39 is 23.8 Å². The molecule has 0 aliphatic carbocycles. The maximum absolute atomic E-state index is 12.9. The van der Waals surface area contributed by atoms with Crippen LogP contribution in [0, 0.1) is 0 Å². The quantitative estimate of drug-likeness (QED) is 0.851. The Balaban J connectivity index is 1.89. The number of carbonyl (C=O) groups excluding carboxylic acids is 1. The summed E-state index contributed by atoms with van der Waals surface area (Å²) in [5.41, 5.74) is -1.21. The molecule has 7 heteroatoms. The number of ether oxygens (including phenoxy) is 1. The molecule has 0 heterocycles. The van der Waals surface area contributed by atoms with Crippen molar-refractivity contribution in [3.63, 3.8) is 0 Å². The van der Waals surface area contributed by atoms with E-state index in [-0.39, 0.29) is 18.7 Å². The predicted molar refractivity (Wildman–Crippen MR) is 81.4 cm³/mol. The number of carbonyl (C=O) groups is 1. The first-order chi connectivity index (χ1) is 11.4. The number of halogens is 3. The average Bonchev–Trinajstić information content (AvgIpc) is 2.58. The van der Waals surface area contributed by atoms with E-state index in [0.29, 0.717) is 5.75 Å². The monoisotopic (exact) mass is 339 g/mol. The lowest BCUT2D eigenvalue weighted by Crippen LogP contribution is -2.33. The first-order valence-electron chi connectivity index (χ1n) is 7.16. The van der Waals surface area contributed by atoms with Crippen molar-refractivity contribution in [3.05, 3.63) is 65.7 Å². The zero-order valence-corrected chi connectivity index (χ0v) is 12.6. The summed E-state index contributed by atoms with van der Waals surface area (Å²) >= 11 is 0. The molecule has 128 valence electrons. The van der Waals surface area contributed by atoms with Gasteiger partial charge in [0.2, 0.25) is 0 Å². The van der Waals surface area contributed by atoms with Gasteiger partial charge in [0.25, 0.3) is 5.91 Å². The summed E-state index contributed by atoms with van der Waals surface area (Å²) in [4.78, 5) is 11.7. The van der Waals surface area contributed by atoms with Gasteiger partial charge >= 0.3 is 6.18 Å². The Bertz CT molecular complexity index is 674. The predicted octanol–water partition coefficient (Wildman–Crippen LogP) is 2.93. The van der Waals surface area contributed by atoms with Crippen LogP contribution in [0.4, 0.5) is 13.2 Å². The molecule has 1 atom stereocenters. The van der Waals surface area contributed by atoms with Gasteiger partial charge in [0.15, 0.2) is 6.61 Å². The third kappa shape index (κ3) is 4.99. The summed E-state index contributed by atoms with van der Waals surface area (Å²) in [5.74, 6) is -0.0435. The van der Waals surface area contributed by atoms with Crippen LogP contribution in [-0.2, 0) is 11.0 Å². The van der Waals surface area contributed by atoms with Crippen molar-refractivity contribution in [2.24, 2.45) is 0 Å². The van der Waals surface area contributed by atoms with Gasteiger partial charge < -0.3 is 15.2 Å². The highest BCUT2D eigenvalue weighted by Crippen LogP contribution is 2.34. The van der Waals surface area contributed by atoms with Crippen molar-refractivity contribution in [3.8, 4) is 5.75 Å².